The highest BCUT2D eigenvalue weighted by atomic mass is 16.2. The Bertz CT molecular complexity index is 693. The van der Waals surface area contributed by atoms with Gasteiger partial charge in [-0.1, -0.05) is 37.5 Å². The second kappa shape index (κ2) is 8.04. The fraction of sp³-hybridized carbons (Fsp3) is 0.652. The van der Waals surface area contributed by atoms with Crippen LogP contribution in [0.25, 0.3) is 0 Å². The molecule has 0 aromatic heterocycles. The average molecular weight is 369 g/mol. The minimum atomic E-state index is 0.103. The first-order valence-corrected chi connectivity index (χ1v) is 10.8. The lowest BCUT2D eigenvalue weighted by Crippen LogP contribution is -2.49. The summed E-state index contributed by atoms with van der Waals surface area (Å²) in [6.45, 7) is 5.31. The molecule has 0 radical (unpaired) electrons. The molecule has 1 aromatic carbocycles. The van der Waals surface area contributed by atoms with Crippen LogP contribution in [0.2, 0.25) is 0 Å². The summed E-state index contributed by atoms with van der Waals surface area (Å²) in [5.41, 5.74) is 1.82. The minimum Gasteiger partial charge on any atom is -0.342 e. The molecule has 2 saturated heterocycles. The Kier molecular flexibility index (Phi) is 5.51. The molecule has 2 atom stereocenters. The Hall–Kier alpha value is -1.84. The number of amides is 2. The zero-order valence-corrected chi connectivity index (χ0v) is 16.5. The monoisotopic (exact) mass is 368 g/mol. The lowest BCUT2D eigenvalue weighted by Gasteiger charge is -2.43. The fourth-order valence-corrected chi connectivity index (χ4v) is 5.37. The number of carbonyl (C=O) groups excluding carboxylic acids is 2. The summed E-state index contributed by atoms with van der Waals surface area (Å²) in [7, 11) is 0. The van der Waals surface area contributed by atoms with E-state index in [-0.39, 0.29) is 11.8 Å². The number of rotatable bonds is 2. The first kappa shape index (κ1) is 18.5. The summed E-state index contributed by atoms with van der Waals surface area (Å²) in [6, 6.07) is 7.78. The van der Waals surface area contributed by atoms with Crippen molar-refractivity contribution in [2.45, 2.75) is 51.9 Å². The summed E-state index contributed by atoms with van der Waals surface area (Å²) in [6.07, 6.45) is 8.19. The molecule has 4 heteroatoms. The van der Waals surface area contributed by atoms with E-state index in [1.807, 2.05) is 36.1 Å². The second-order valence-corrected chi connectivity index (χ2v) is 8.76. The van der Waals surface area contributed by atoms with Gasteiger partial charge < -0.3 is 9.80 Å². The second-order valence-electron chi connectivity index (χ2n) is 8.76. The number of benzene rings is 1. The predicted molar refractivity (Wildman–Crippen MR) is 106 cm³/mol. The topological polar surface area (TPSA) is 40.6 Å². The van der Waals surface area contributed by atoms with Crippen molar-refractivity contribution in [3.05, 3.63) is 35.4 Å². The summed E-state index contributed by atoms with van der Waals surface area (Å²) in [5, 5.41) is 0. The number of likely N-dealkylation sites (tertiary alicyclic amines) is 2. The van der Waals surface area contributed by atoms with E-state index in [2.05, 4.69) is 4.90 Å². The molecule has 2 heterocycles. The van der Waals surface area contributed by atoms with Gasteiger partial charge in [0.1, 0.15) is 0 Å². The average Bonchev–Trinajstić information content (AvgIpc) is 2.73. The van der Waals surface area contributed by atoms with Crippen LogP contribution in [-0.2, 0) is 4.79 Å². The predicted octanol–water partition coefficient (Wildman–Crippen LogP) is 3.89. The first-order chi connectivity index (χ1) is 13.1. The molecule has 0 bridgehead atoms. The standard InChI is InChI=1S/C23H32N2O2/c1-17-6-2-5-9-21(17)23(27)24-13-11-19(12-14-24)22(26)25-15-10-18-7-3-4-8-20(18)16-25/h2,5-6,9,18-20H,3-4,7-8,10-16H2,1H3/t18-,20+/m1/s1. The van der Waals surface area contributed by atoms with Gasteiger partial charge in [0.15, 0.2) is 0 Å². The third kappa shape index (κ3) is 3.90. The van der Waals surface area contributed by atoms with Crippen molar-refractivity contribution in [1.82, 2.24) is 9.80 Å². The minimum absolute atomic E-state index is 0.103. The van der Waals surface area contributed by atoms with Gasteiger partial charge in [0, 0.05) is 37.7 Å². The van der Waals surface area contributed by atoms with Gasteiger partial charge in [-0.05, 0) is 56.1 Å². The van der Waals surface area contributed by atoms with Crippen LogP contribution in [0.1, 0.15) is 60.9 Å². The maximum Gasteiger partial charge on any atom is 0.254 e. The van der Waals surface area contributed by atoms with Gasteiger partial charge in [0.2, 0.25) is 5.91 Å². The third-order valence-electron chi connectivity index (χ3n) is 7.11. The molecule has 27 heavy (non-hydrogen) atoms. The van der Waals surface area contributed by atoms with Crippen molar-refractivity contribution >= 4 is 11.8 Å². The molecule has 2 aliphatic heterocycles. The fourth-order valence-electron chi connectivity index (χ4n) is 5.37. The van der Waals surface area contributed by atoms with Gasteiger partial charge in [-0.15, -0.1) is 0 Å². The molecule has 2 amide bonds. The van der Waals surface area contributed by atoms with E-state index >= 15 is 0 Å². The van der Waals surface area contributed by atoms with Gasteiger partial charge in [-0.3, -0.25) is 9.59 Å². The Morgan fingerprint density at radius 2 is 1.52 bits per heavy atom. The molecular formula is C23H32N2O2. The number of nitrogens with zero attached hydrogens (tertiary/aromatic N) is 2. The Morgan fingerprint density at radius 3 is 2.26 bits per heavy atom. The first-order valence-electron chi connectivity index (χ1n) is 10.8. The Morgan fingerprint density at radius 1 is 0.852 bits per heavy atom. The summed E-state index contributed by atoms with van der Waals surface area (Å²) in [5.74, 6) is 2.16. The quantitative estimate of drug-likeness (QED) is 0.795. The zero-order chi connectivity index (χ0) is 18.8. The number of piperidine rings is 2. The Balaban J connectivity index is 1.32. The van der Waals surface area contributed by atoms with Crippen LogP contribution < -0.4 is 0 Å². The Labute approximate surface area is 162 Å². The van der Waals surface area contributed by atoms with Crippen molar-refractivity contribution in [3.63, 3.8) is 0 Å². The summed E-state index contributed by atoms with van der Waals surface area (Å²) < 4.78 is 0. The van der Waals surface area contributed by atoms with Crippen molar-refractivity contribution in [2.24, 2.45) is 17.8 Å². The molecule has 1 aromatic rings. The van der Waals surface area contributed by atoms with E-state index in [0.717, 1.165) is 48.9 Å². The van der Waals surface area contributed by atoms with Crippen LogP contribution in [0.3, 0.4) is 0 Å². The largest absolute Gasteiger partial charge is 0.342 e. The lowest BCUT2D eigenvalue weighted by molar-refractivity contribution is -0.140. The molecule has 3 aliphatic rings. The maximum atomic E-state index is 13.1. The van der Waals surface area contributed by atoms with Crippen molar-refractivity contribution < 1.29 is 9.59 Å². The number of hydrogen-bond acceptors (Lipinski definition) is 2. The molecule has 0 unspecified atom stereocenters. The van der Waals surface area contributed by atoms with E-state index in [4.69, 9.17) is 0 Å². The van der Waals surface area contributed by atoms with Crippen LogP contribution >= 0.6 is 0 Å². The molecule has 0 N–H and O–H groups in total. The highest BCUT2D eigenvalue weighted by molar-refractivity contribution is 5.95. The maximum absolute atomic E-state index is 13.1. The number of aryl methyl sites for hydroxylation is 1. The van der Waals surface area contributed by atoms with Crippen LogP contribution in [0.5, 0.6) is 0 Å². The van der Waals surface area contributed by atoms with E-state index in [1.54, 1.807) is 0 Å². The highest BCUT2D eigenvalue weighted by Crippen LogP contribution is 2.37. The van der Waals surface area contributed by atoms with Crippen LogP contribution in [0, 0.1) is 24.7 Å². The zero-order valence-electron chi connectivity index (χ0n) is 16.5. The van der Waals surface area contributed by atoms with E-state index in [0.29, 0.717) is 19.0 Å². The van der Waals surface area contributed by atoms with E-state index in [9.17, 15) is 9.59 Å². The number of fused-ring (bicyclic) bond motifs is 1. The summed E-state index contributed by atoms with van der Waals surface area (Å²) >= 11 is 0. The highest BCUT2D eigenvalue weighted by Gasteiger charge is 2.36. The van der Waals surface area contributed by atoms with Crippen molar-refractivity contribution in [3.8, 4) is 0 Å². The van der Waals surface area contributed by atoms with Gasteiger partial charge in [-0.2, -0.15) is 0 Å². The smallest absolute Gasteiger partial charge is 0.254 e. The van der Waals surface area contributed by atoms with Crippen LogP contribution in [-0.4, -0.2) is 47.8 Å². The number of carbonyl (C=O) groups is 2. The van der Waals surface area contributed by atoms with Gasteiger partial charge in [-0.25, -0.2) is 0 Å². The van der Waals surface area contributed by atoms with Crippen molar-refractivity contribution in [2.75, 3.05) is 26.2 Å². The molecule has 4 rings (SSSR count). The molecule has 0 spiro atoms. The van der Waals surface area contributed by atoms with E-state index < -0.39 is 0 Å². The third-order valence-corrected chi connectivity index (χ3v) is 7.11. The van der Waals surface area contributed by atoms with Gasteiger partial charge in [0.05, 0.1) is 0 Å². The molecule has 4 nitrogen and oxygen atoms in total. The van der Waals surface area contributed by atoms with Crippen molar-refractivity contribution in [1.29, 1.82) is 0 Å². The van der Waals surface area contributed by atoms with Crippen LogP contribution in [0.15, 0.2) is 24.3 Å². The molecule has 1 saturated carbocycles. The van der Waals surface area contributed by atoms with Gasteiger partial charge >= 0.3 is 0 Å². The number of hydrogen-bond donors (Lipinski definition) is 0. The molecule has 1 aliphatic carbocycles. The SMILES string of the molecule is Cc1ccccc1C(=O)N1CCC(C(=O)N2CC[C@H]3CCCC[C@H]3C2)CC1. The summed E-state index contributed by atoms with van der Waals surface area (Å²) in [4.78, 5) is 29.9. The molecule has 3 fully saturated rings. The lowest BCUT2D eigenvalue weighted by atomic mass is 9.75. The van der Waals surface area contributed by atoms with Gasteiger partial charge in [0.25, 0.3) is 5.91 Å². The normalized spacial score (nSPS) is 26.6. The van der Waals surface area contributed by atoms with Crippen LogP contribution in [0.4, 0.5) is 0 Å². The molecular weight excluding hydrogens is 336 g/mol. The van der Waals surface area contributed by atoms with E-state index in [1.165, 1.54) is 32.1 Å². The molecule has 146 valence electrons.